The van der Waals surface area contributed by atoms with Crippen molar-refractivity contribution in [2.45, 2.75) is 63.8 Å². The van der Waals surface area contributed by atoms with Crippen molar-refractivity contribution in [3.8, 4) is 0 Å². The number of nitrogens with one attached hydrogen (secondary N) is 2. The highest BCUT2D eigenvalue weighted by Gasteiger charge is 2.55. The van der Waals surface area contributed by atoms with Crippen molar-refractivity contribution in [2.24, 2.45) is 5.92 Å². The average molecular weight is 434 g/mol. The van der Waals surface area contributed by atoms with Crippen molar-refractivity contribution in [1.29, 1.82) is 0 Å². The van der Waals surface area contributed by atoms with Gasteiger partial charge in [0.1, 0.15) is 17.1 Å². The number of anilines is 1. The van der Waals surface area contributed by atoms with Crippen molar-refractivity contribution in [3.63, 3.8) is 0 Å². The lowest BCUT2D eigenvalue weighted by molar-refractivity contribution is -0.136. The van der Waals surface area contributed by atoms with Gasteiger partial charge in [0.05, 0.1) is 12.2 Å². The van der Waals surface area contributed by atoms with Crippen molar-refractivity contribution in [2.75, 3.05) is 18.5 Å². The van der Waals surface area contributed by atoms with E-state index in [4.69, 9.17) is 4.74 Å². The van der Waals surface area contributed by atoms with Crippen LogP contribution in [0.15, 0.2) is 5.38 Å². The fourth-order valence-corrected chi connectivity index (χ4v) is 5.57. The third-order valence-electron chi connectivity index (χ3n) is 6.37. The quantitative estimate of drug-likeness (QED) is 0.529. The van der Waals surface area contributed by atoms with Gasteiger partial charge in [-0.2, -0.15) is 0 Å². The third-order valence-corrected chi connectivity index (χ3v) is 7.29. The monoisotopic (exact) mass is 433 g/mol. The number of urea groups is 1. The smallest absolute Gasteiger partial charge is 0.341 e. The lowest BCUT2D eigenvalue weighted by Crippen LogP contribution is -2.54. The molecule has 2 saturated carbocycles. The molecule has 1 saturated heterocycles. The molecule has 1 aliphatic heterocycles. The Bertz CT molecular complexity index is 893. The van der Waals surface area contributed by atoms with Crippen molar-refractivity contribution in [1.82, 2.24) is 10.2 Å². The Labute approximate surface area is 179 Å². The molecule has 9 heteroatoms. The second-order valence-electron chi connectivity index (χ2n) is 8.38. The molecule has 0 unspecified atom stereocenters. The molecule has 1 aromatic rings. The maximum absolute atomic E-state index is 13.0. The van der Waals surface area contributed by atoms with Crippen LogP contribution in [0.25, 0.3) is 0 Å². The van der Waals surface area contributed by atoms with E-state index in [0.29, 0.717) is 22.9 Å². The molecule has 8 nitrogen and oxygen atoms in total. The van der Waals surface area contributed by atoms with Crippen LogP contribution < -0.4 is 10.6 Å². The molecule has 2 N–H and O–H groups in total. The Kier molecular flexibility index (Phi) is 5.57. The number of imide groups is 1. The SMILES string of the molecule is CCOC(=O)c1c(C2CC2)csc1NC(=O)CN1C(=O)N[C@]2(CCCC[C@@H]2C)C1=O. The average Bonchev–Trinajstić information content (AvgIpc) is 3.43. The Hall–Kier alpha value is -2.42. The van der Waals surface area contributed by atoms with Gasteiger partial charge < -0.3 is 15.4 Å². The van der Waals surface area contributed by atoms with Crippen molar-refractivity contribution < 1.29 is 23.9 Å². The molecule has 4 rings (SSSR count). The fraction of sp³-hybridized carbons (Fsp3) is 0.619. The van der Waals surface area contributed by atoms with Gasteiger partial charge in [-0.1, -0.05) is 19.8 Å². The number of thiophene rings is 1. The zero-order valence-electron chi connectivity index (χ0n) is 17.3. The molecule has 0 aromatic carbocycles. The minimum atomic E-state index is -0.895. The van der Waals surface area contributed by atoms with E-state index >= 15 is 0 Å². The van der Waals surface area contributed by atoms with Crippen LogP contribution in [0.5, 0.6) is 0 Å². The van der Waals surface area contributed by atoms with Gasteiger partial charge >= 0.3 is 12.0 Å². The molecule has 1 aromatic heterocycles. The molecule has 3 fully saturated rings. The number of ether oxygens (including phenoxy) is 1. The van der Waals surface area contributed by atoms with E-state index in [1.807, 2.05) is 12.3 Å². The molecule has 2 aliphatic carbocycles. The fourth-order valence-electron chi connectivity index (χ4n) is 4.52. The van der Waals surface area contributed by atoms with E-state index < -0.39 is 23.4 Å². The van der Waals surface area contributed by atoms with Gasteiger partial charge in [-0.25, -0.2) is 9.59 Å². The largest absolute Gasteiger partial charge is 0.462 e. The van der Waals surface area contributed by atoms with Gasteiger partial charge in [0.25, 0.3) is 5.91 Å². The first-order valence-corrected chi connectivity index (χ1v) is 11.5. The third kappa shape index (κ3) is 3.59. The number of carbonyl (C=O) groups excluding carboxylic acids is 4. The van der Waals surface area contributed by atoms with E-state index in [0.717, 1.165) is 42.6 Å². The van der Waals surface area contributed by atoms with Crippen LogP contribution in [0.1, 0.15) is 74.2 Å². The number of carbonyl (C=O) groups is 4. The maximum atomic E-state index is 13.0. The molecule has 0 radical (unpaired) electrons. The summed E-state index contributed by atoms with van der Waals surface area (Å²) in [5.41, 5.74) is 0.402. The van der Waals surface area contributed by atoms with Crippen LogP contribution in [0.3, 0.4) is 0 Å². The summed E-state index contributed by atoms with van der Waals surface area (Å²) >= 11 is 1.27. The lowest BCUT2D eigenvalue weighted by Gasteiger charge is -2.36. The second-order valence-corrected chi connectivity index (χ2v) is 9.26. The highest BCUT2D eigenvalue weighted by molar-refractivity contribution is 7.15. The molecule has 0 bridgehead atoms. The van der Waals surface area contributed by atoms with Gasteiger partial charge in [-0.3, -0.25) is 14.5 Å². The Balaban J connectivity index is 1.48. The minimum Gasteiger partial charge on any atom is -0.462 e. The van der Waals surface area contributed by atoms with Gasteiger partial charge in [-0.05, 0) is 55.4 Å². The van der Waals surface area contributed by atoms with Gasteiger partial charge in [0, 0.05) is 0 Å². The number of rotatable bonds is 6. The van der Waals surface area contributed by atoms with E-state index in [1.165, 1.54) is 11.3 Å². The molecule has 2 heterocycles. The molecule has 3 aliphatic rings. The molecular weight excluding hydrogens is 406 g/mol. The van der Waals surface area contributed by atoms with Crippen LogP contribution in [0.4, 0.5) is 9.80 Å². The predicted molar refractivity (Wildman–Crippen MR) is 111 cm³/mol. The predicted octanol–water partition coefficient (Wildman–Crippen LogP) is 3.24. The first-order chi connectivity index (χ1) is 14.4. The first-order valence-electron chi connectivity index (χ1n) is 10.6. The number of nitrogens with zero attached hydrogens (tertiary/aromatic N) is 1. The van der Waals surface area contributed by atoms with Gasteiger partial charge in [-0.15, -0.1) is 11.3 Å². The Morgan fingerprint density at radius 1 is 1.30 bits per heavy atom. The van der Waals surface area contributed by atoms with E-state index in [2.05, 4.69) is 10.6 Å². The standard InChI is InChI=1S/C21H27N3O5S/c1-3-29-18(26)16-14(13-7-8-13)11-30-17(16)22-15(25)10-24-19(27)21(23-20(24)28)9-5-4-6-12(21)2/h11-13H,3-10H2,1-2H3,(H,22,25)(H,23,28)/t12-,21-/m0/s1. The molecule has 1 spiro atoms. The minimum absolute atomic E-state index is 0.0320. The van der Waals surface area contributed by atoms with Crippen LogP contribution in [-0.2, 0) is 14.3 Å². The van der Waals surface area contributed by atoms with Gasteiger partial charge in [0.15, 0.2) is 0 Å². The summed E-state index contributed by atoms with van der Waals surface area (Å²) in [4.78, 5) is 51.7. The Morgan fingerprint density at radius 2 is 2.07 bits per heavy atom. The highest BCUT2D eigenvalue weighted by atomic mass is 32.1. The number of hydrogen-bond acceptors (Lipinski definition) is 6. The molecule has 4 amide bonds. The van der Waals surface area contributed by atoms with Crippen LogP contribution in [0, 0.1) is 5.92 Å². The molecule has 2 atom stereocenters. The maximum Gasteiger partial charge on any atom is 0.341 e. The first kappa shape index (κ1) is 20.8. The van der Waals surface area contributed by atoms with Crippen molar-refractivity contribution in [3.05, 3.63) is 16.5 Å². The van der Waals surface area contributed by atoms with Crippen LogP contribution in [0.2, 0.25) is 0 Å². The van der Waals surface area contributed by atoms with Crippen LogP contribution in [-0.4, -0.2) is 47.4 Å². The summed E-state index contributed by atoms with van der Waals surface area (Å²) in [5.74, 6) is -0.936. The lowest BCUT2D eigenvalue weighted by atomic mass is 9.73. The molecular formula is C21H27N3O5S. The summed E-state index contributed by atoms with van der Waals surface area (Å²) in [6.45, 7) is 3.57. The van der Waals surface area contributed by atoms with E-state index in [9.17, 15) is 19.2 Å². The highest BCUT2D eigenvalue weighted by Crippen LogP contribution is 2.46. The molecule has 162 valence electrons. The number of hydrogen-bond donors (Lipinski definition) is 2. The normalized spacial score (nSPS) is 26.1. The zero-order chi connectivity index (χ0) is 21.5. The summed E-state index contributed by atoms with van der Waals surface area (Å²) in [6.07, 6.45) is 5.40. The van der Waals surface area contributed by atoms with Crippen molar-refractivity contribution >= 4 is 40.2 Å². The summed E-state index contributed by atoms with van der Waals surface area (Å²) < 4.78 is 5.17. The summed E-state index contributed by atoms with van der Waals surface area (Å²) in [7, 11) is 0. The van der Waals surface area contributed by atoms with E-state index in [-0.39, 0.29) is 25.0 Å². The number of amides is 4. The Morgan fingerprint density at radius 3 is 2.73 bits per heavy atom. The molecule has 30 heavy (non-hydrogen) atoms. The zero-order valence-corrected chi connectivity index (χ0v) is 18.1. The topological polar surface area (TPSA) is 105 Å². The van der Waals surface area contributed by atoms with Gasteiger partial charge in [0.2, 0.25) is 5.91 Å². The number of esters is 1. The summed E-state index contributed by atoms with van der Waals surface area (Å²) in [5, 5.41) is 7.87. The van der Waals surface area contributed by atoms with Crippen LogP contribution >= 0.6 is 11.3 Å². The second kappa shape index (κ2) is 8.02. The summed E-state index contributed by atoms with van der Waals surface area (Å²) in [6, 6.07) is -0.528. The van der Waals surface area contributed by atoms with E-state index in [1.54, 1.807) is 6.92 Å².